The lowest BCUT2D eigenvalue weighted by Crippen LogP contribution is -2.67. The minimum Gasteiger partial charge on any atom is -0.462 e. The minimum absolute atomic E-state index is 0.00162. The van der Waals surface area contributed by atoms with E-state index in [1.54, 1.807) is 6.92 Å². The Balaban J connectivity index is 1.37. The Labute approximate surface area is 230 Å². The summed E-state index contributed by atoms with van der Waals surface area (Å²) in [5.74, 6) is 2.89. The maximum Gasteiger partial charge on any atom is 0.302 e. The fourth-order valence-corrected chi connectivity index (χ4v) is 13.0. The van der Waals surface area contributed by atoms with Crippen LogP contribution in [-0.4, -0.2) is 17.3 Å². The van der Waals surface area contributed by atoms with E-state index in [1.165, 1.54) is 44.9 Å². The Bertz CT molecular complexity index is 1000. The van der Waals surface area contributed by atoms with Crippen LogP contribution in [0.2, 0.25) is 0 Å². The SMILES string of the molecule is CC(=O)OC1CCC2(C)C(CCC3(C)C2CCC2C4C(C5(C)CC5)CCC4(C(=O)Cl)CCC23C)C1(C)C. The van der Waals surface area contributed by atoms with Gasteiger partial charge in [0.25, 0.3) is 0 Å². The van der Waals surface area contributed by atoms with E-state index in [1.807, 2.05) is 0 Å². The first-order valence-electron chi connectivity index (χ1n) is 15.5. The van der Waals surface area contributed by atoms with Gasteiger partial charge < -0.3 is 4.74 Å². The van der Waals surface area contributed by atoms with Crippen molar-refractivity contribution in [2.45, 2.75) is 132 Å². The van der Waals surface area contributed by atoms with Crippen LogP contribution in [0.3, 0.4) is 0 Å². The van der Waals surface area contributed by atoms with Crippen LogP contribution in [0.15, 0.2) is 0 Å². The van der Waals surface area contributed by atoms with Gasteiger partial charge in [-0.25, -0.2) is 0 Å². The zero-order valence-corrected chi connectivity index (χ0v) is 25.3. The van der Waals surface area contributed by atoms with Crippen LogP contribution < -0.4 is 0 Å². The van der Waals surface area contributed by atoms with Gasteiger partial charge in [0, 0.05) is 17.8 Å². The smallest absolute Gasteiger partial charge is 0.302 e. The molecular formula is C33H51ClO3. The molecule has 6 fully saturated rings. The van der Waals surface area contributed by atoms with Crippen LogP contribution in [0.1, 0.15) is 126 Å². The quantitative estimate of drug-likeness (QED) is 0.271. The van der Waals surface area contributed by atoms with E-state index in [-0.39, 0.29) is 44.4 Å². The highest BCUT2D eigenvalue weighted by molar-refractivity contribution is 6.64. The standard InChI is InChI=1S/C33H51ClO3/c1-20(35)37-25-12-13-30(5)23(28(25,2)3)11-14-32(7)24(30)9-8-22-26-21(29(4)16-17-29)10-15-33(26,27(34)36)19-18-31(22,32)6/h21-26H,8-19H2,1-7H3. The molecule has 0 N–H and O–H groups in total. The topological polar surface area (TPSA) is 43.4 Å². The lowest BCUT2D eigenvalue weighted by atomic mass is 9.32. The molecule has 0 aliphatic heterocycles. The largest absolute Gasteiger partial charge is 0.462 e. The Morgan fingerprint density at radius 3 is 2.03 bits per heavy atom. The zero-order chi connectivity index (χ0) is 26.8. The van der Waals surface area contributed by atoms with Crippen molar-refractivity contribution in [3.63, 3.8) is 0 Å². The summed E-state index contributed by atoms with van der Waals surface area (Å²) in [5, 5.41) is -0.0141. The molecule has 0 aromatic rings. The van der Waals surface area contributed by atoms with Gasteiger partial charge in [-0.2, -0.15) is 0 Å². The van der Waals surface area contributed by atoms with Crippen LogP contribution in [-0.2, 0) is 14.3 Å². The molecule has 10 unspecified atom stereocenters. The molecule has 0 radical (unpaired) electrons. The van der Waals surface area contributed by atoms with Crippen molar-refractivity contribution in [1.82, 2.24) is 0 Å². The first-order chi connectivity index (χ1) is 17.2. The van der Waals surface area contributed by atoms with Gasteiger partial charge in [0.15, 0.2) is 0 Å². The predicted molar refractivity (Wildman–Crippen MR) is 148 cm³/mol. The molecule has 3 nitrogen and oxygen atoms in total. The monoisotopic (exact) mass is 530 g/mol. The van der Waals surface area contributed by atoms with Gasteiger partial charge in [-0.3, -0.25) is 9.59 Å². The number of esters is 1. The molecule has 0 heterocycles. The van der Waals surface area contributed by atoms with Crippen LogP contribution >= 0.6 is 11.6 Å². The summed E-state index contributed by atoms with van der Waals surface area (Å²) in [7, 11) is 0. The van der Waals surface area contributed by atoms with Crippen molar-refractivity contribution in [2.75, 3.05) is 0 Å². The molecule has 10 atom stereocenters. The fourth-order valence-electron chi connectivity index (χ4n) is 12.7. The van der Waals surface area contributed by atoms with Crippen LogP contribution in [0.4, 0.5) is 0 Å². The highest BCUT2D eigenvalue weighted by Gasteiger charge is 2.73. The van der Waals surface area contributed by atoms with Gasteiger partial charge in [-0.05, 0) is 140 Å². The fraction of sp³-hybridized carbons (Fsp3) is 0.939. The van der Waals surface area contributed by atoms with Gasteiger partial charge in [-0.15, -0.1) is 0 Å². The molecule has 6 aliphatic carbocycles. The molecular weight excluding hydrogens is 480 g/mol. The number of carbonyl (C=O) groups is 2. The third-order valence-corrected chi connectivity index (χ3v) is 15.4. The highest BCUT2D eigenvalue weighted by atomic mass is 35.5. The summed E-state index contributed by atoms with van der Waals surface area (Å²) in [6.45, 7) is 16.7. The molecule has 6 rings (SSSR count). The number of ether oxygens (including phenoxy) is 1. The van der Waals surface area contributed by atoms with Crippen molar-refractivity contribution >= 4 is 22.8 Å². The Hall–Kier alpha value is -0.570. The summed E-state index contributed by atoms with van der Waals surface area (Å²) in [6.07, 6.45) is 14.3. The molecule has 37 heavy (non-hydrogen) atoms. The van der Waals surface area contributed by atoms with Gasteiger partial charge in [0.1, 0.15) is 6.10 Å². The van der Waals surface area contributed by atoms with E-state index >= 15 is 0 Å². The maximum absolute atomic E-state index is 13.2. The molecule has 0 amide bonds. The molecule has 0 aromatic carbocycles. The normalized spacial score (nSPS) is 53.2. The third-order valence-electron chi connectivity index (χ3n) is 15.0. The van der Waals surface area contributed by atoms with E-state index in [0.29, 0.717) is 35.0 Å². The van der Waals surface area contributed by atoms with E-state index in [2.05, 4.69) is 41.5 Å². The second-order valence-electron chi connectivity index (χ2n) is 16.4. The van der Waals surface area contributed by atoms with Gasteiger partial charge >= 0.3 is 5.97 Å². The number of rotatable bonds is 3. The predicted octanol–water partition coefficient (Wildman–Crippen LogP) is 8.57. The van der Waals surface area contributed by atoms with Crippen molar-refractivity contribution in [1.29, 1.82) is 0 Å². The summed E-state index contributed by atoms with van der Waals surface area (Å²) in [5.41, 5.74) is 0.991. The molecule has 208 valence electrons. The van der Waals surface area contributed by atoms with Crippen LogP contribution in [0.5, 0.6) is 0 Å². The highest BCUT2D eigenvalue weighted by Crippen LogP contribution is 2.79. The molecule has 6 saturated carbocycles. The Morgan fingerprint density at radius 2 is 1.41 bits per heavy atom. The summed E-state index contributed by atoms with van der Waals surface area (Å²) in [6, 6.07) is 0. The van der Waals surface area contributed by atoms with Gasteiger partial charge in [0.05, 0.1) is 0 Å². The second kappa shape index (κ2) is 8.01. The Kier molecular flexibility index (Phi) is 5.76. The average Bonchev–Trinajstić information content (AvgIpc) is 3.41. The van der Waals surface area contributed by atoms with E-state index in [0.717, 1.165) is 32.1 Å². The third kappa shape index (κ3) is 3.31. The number of carbonyl (C=O) groups excluding carboxylic acids is 2. The lowest BCUT2D eigenvalue weighted by Gasteiger charge is -2.73. The van der Waals surface area contributed by atoms with Crippen molar-refractivity contribution in [3.8, 4) is 0 Å². The number of halogens is 1. The minimum atomic E-state index is -0.267. The van der Waals surface area contributed by atoms with Crippen molar-refractivity contribution < 1.29 is 14.3 Å². The molecule has 0 saturated heterocycles. The number of fused-ring (bicyclic) bond motifs is 7. The molecule has 6 aliphatic rings. The van der Waals surface area contributed by atoms with Crippen molar-refractivity contribution in [2.24, 2.45) is 62.1 Å². The summed E-state index contributed by atoms with van der Waals surface area (Å²) < 4.78 is 5.91. The summed E-state index contributed by atoms with van der Waals surface area (Å²) in [4.78, 5) is 25.1. The lowest BCUT2D eigenvalue weighted by molar-refractivity contribution is -0.249. The maximum atomic E-state index is 13.2. The molecule has 4 heteroatoms. The molecule has 0 aromatic heterocycles. The number of hydrogen-bond acceptors (Lipinski definition) is 3. The summed E-state index contributed by atoms with van der Waals surface area (Å²) >= 11 is 6.55. The molecule has 0 bridgehead atoms. The first kappa shape index (κ1) is 26.6. The van der Waals surface area contributed by atoms with E-state index in [4.69, 9.17) is 16.3 Å². The molecule has 0 spiro atoms. The van der Waals surface area contributed by atoms with Crippen molar-refractivity contribution in [3.05, 3.63) is 0 Å². The van der Waals surface area contributed by atoms with Gasteiger partial charge in [0.2, 0.25) is 5.24 Å². The number of hydrogen-bond donors (Lipinski definition) is 0. The van der Waals surface area contributed by atoms with Gasteiger partial charge in [-0.1, -0.05) is 41.5 Å². The first-order valence-corrected chi connectivity index (χ1v) is 15.9. The second-order valence-corrected chi connectivity index (χ2v) is 16.7. The zero-order valence-electron chi connectivity index (χ0n) is 24.6. The van der Waals surface area contributed by atoms with Crippen LogP contribution in [0.25, 0.3) is 0 Å². The average molecular weight is 531 g/mol. The van der Waals surface area contributed by atoms with E-state index in [9.17, 15) is 9.59 Å². The van der Waals surface area contributed by atoms with E-state index < -0.39 is 0 Å². The van der Waals surface area contributed by atoms with Crippen LogP contribution in [0, 0.1) is 62.1 Å². The Morgan fingerprint density at radius 1 is 0.703 bits per heavy atom.